The van der Waals surface area contributed by atoms with E-state index in [1.807, 2.05) is 31.2 Å². The molecule has 0 N–H and O–H groups in total. The molecule has 0 radical (unpaired) electrons. The molecule has 4 heteroatoms. The summed E-state index contributed by atoms with van der Waals surface area (Å²) in [5, 5.41) is 11.6. The number of hydrogen-bond donors (Lipinski definition) is 0. The minimum absolute atomic E-state index is 0. The molecule has 1 atom stereocenters. The molecule has 1 heterocycles. The summed E-state index contributed by atoms with van der Waals surface area (Å²) in [6, 6.07) is 12.8. The molecule has 1 aliphatic rings. The first-order valence-electron chi connectivity index (χ1n) is 6.31. The second-order valence-electron chi connectivity index (χ2n) is 4.57. The quantitative estimate of drug-likeness (QED) is 0.678. The molecular weight excluding hydrogens is 263 g/mol. The van der Waals surface area contributed by atoms with Gasteiger partial charge < -0.3 is 14.6 Å². The third kappa shape index (κ3) is 2.37. The molecule has 0 spiro atoms. The van der Waals surface area contributed by atoms with Crippen molar-refractivity contribution in [2.45, 2.75) is 19.3 Å². The van der Waals surface area contributed by atoms with Crippen LogP contribution in [0.2, 0.25) is 0 Å². The maximum absolute atomic E-state index is 11.6. The Morgan fingerprint density at radius 3 is 2.55 bits per heavy atom. The van der Waals surface area contributed by atoms with Crippen molar-refractivity contribution in [3.63, 3.8) is 0 Å². The van der Waals surface area contributed by atoms with Gasteiger partial charge in [0, 0.05) is 11.1 Å². The summed E-state index contributed by atoms with van der Waals surface area (Å²) in [4.78, 5) is 11.6. The number of ether oxygens (including phenoxy) is 1. The average molecular weight is 276 g/mol. The van der Waals surface area contributed by atoms with Crippen LogP contribution in [0.1, 0.15) is 29.5 Å². The van der Waals surface area contributed by atoms with Crippen molar-refractivity contribution < 1.29 is 44.2 Å². The number of carbonyl (C=O) groups is 1. The van der Waals surface area contributed by atoms with Crippen LogP contribution in [0.3, 0.4) is 0 Å². The molecule has 2 aromatic carbocycles. The fourth-order valence-corrected chi connectivity index (χ4v) is 2.65. The number of carboxylic acids is 1. The van der Waals surface area contributed by atoms with Crippen molar-refractivity contribution in [1.29, 1.82) is 0 Å². The van der Waals surface area contributed by atoms with Crippen molar-refractivity contribution >= 4 is 5.97 Å². The third-order valence-electron chi connectivity index (χ3n) is 3.51. The molecule has 96 valence electrons. The van der Waals surface area contributed by atoms with Crippen LogP contribution in [0, 0.1) is 0 Å². The third-order valence-corrected chi connectivity index (χ3v) is 3.51. The number of benzene rings is 2. The van der Waals surface area contributed by atoms with Crippen molar-refractivity contribution in [2.24, 2.45) is 0 Å². The number of hydrogen-bond acceptors (Lipinski definition) is 3. The van der Waals surface area contributed by atoms with Gasteiger partial charge in [0.2, 0.25) is 0 Å². The normalized spacial score (nSPS) is 15.3. The van der Waals surface area contributed by atoms with Gasteiger partial charge in [-0.2, -0.15) is 0 Å². The van der Waals surface area contributed by atoms with Gasteiger partial charge in [0.1, 0.15) is 11.5 Å². The van der Waals surface area contributed by atoms with Crippen LogP contribution in [-0.2, 0) is 11.2 Å². The number of aliphatic carboxylic acids is 1. The Labute approximate surface area is 139 Å². The molecule has 3 rings (SSSR count). The van der Waals surface area contributed by atoms with Gasteiger partial charge in [-0.05, 0) is 24.1 Å². The number of aryl methyl sites for hydroxylation is 1. The SMILES string of the molecule is CCc1cccc2c1C(C(=O)[O-])c1ccccc1O2.[Na+]. The number of para-hydroxylation sites is 1. The van der Waals surface area contributed by atoms with E-state index < -0.39 is 11.9 Å². The van der Waals surface area contributed by atoms with Crippen molar-refractivity contribution in [2.75, 3.05) is 0 Å². The summed E-state index contributed by atoms with van der Waals surface area (Å²) < 4.78 is 5.81. The first-order valence-corrected chi connectivity index (χ1v) is 6.31. The summed E-state index contributed by atoms with van der Waals surface area (Å²) in [5.41, 5.74) is 2.38. The van der Waals surface area contributed by atoms with Crippen LogP contribution in [0.15, 0.2) is 42.5 Å². The summed E-state index contributed by atoms with van der Waals surface area (Å²) in [6.45, 7) is 2.00. The maximum Gasteiger partial charge on any atom is 1.00 e. The summed E-state index contributed by atoms with van der Waals surface area (Å²) >= 11 is 0. The van der Waals surface area contributed by atoms with Crippen LogP contribution >= 0.6 is 0 Å². The van der Waals surface area contributed by atoms with E-state index in [0.717, 1.165) is 17.5 Å². The molecular formula is C16H13NaO3. The maximum atomic E-state index is 11.6. The fraction of sp³-hybridized carbons (Fsp3) is 0.188. The predicted molar refractivity (Wildman–Crippen MR) is 69.2 cm³/mol. The van der Waals surface area contributed by atoms with Crippen LogP contribution in [0.5, 0.6) is 11.5 Å². The van der Waals surface area contributed by atoms with Gasteiger partial charge in [-0.15, -0.1) is 0 Å². The second-order valence-corrected chi connectivity index (χ2v) is 4.57. The topological polar surface area (TPSA) is 49.4 Å². The standard InChI is InChI=1S/C16H14O3.Na/c1-2-10-6-5-9-13-14(10)15(16(17)18)11-7-3-4-8-12(11)19-13;/h3-9,15H,2H2,1H3,(H,17,18);/q;+1/p-1. The minimum Gasteiger partial charge on any atom is -0.549 e. The molecule has 0 fully saturated rings. The Morgan fingerprint density at radius 2 is 1.85 bits per heavy atom. The molecule has 0 saturated carbocycles. The molecule has 1 unspecified atom stereocenters. The molecule has 0 amide bonds. The zero-order valence-electron chi connectivity index (χ0n) is 11.6. The zero-order chi connectivity index (χ0) is 13.4. The zero-order valence-corrected chi connectivity index (χ0v) is 13.6. The first kappa shape index (κ1) is 15.1. The Kier molecular flexibility index (Phi) is 4.53. The van der Waals surface area contributed by atoms with Gasteiger partial charge >= 0.3 is 29.6 Å². The molecule has 20 heavy (non-hydrogen) atoms. The molecule has 2 aromatic rings. The first-order chi connectivity index (χ1) is 9.22. The Morgan fingerprint density at radius 1 is 1.15 bits per heavy atom. The van der Waals surface area contributed by atoms with Gasteiger partial charge in [-0.25, -0.2) is 0 Å². The van der Waals surface area contributed by atoms with Crippen LogP contribution < -0.4 is 39.4 Å². The van der Waals surface area contributed by atoms with E-state index in [0.29, 0.717) is 17.1 Å². The monoisotopic (exact) mass is 276 g/mol. The average Bonchev–Trinajstić information content (AvgIpc) is 2.43. The molecule has 0 saturated heterocycles. The summed E-state index contributed by atoms with van der Waals surface area (Å²) in [7, 11) is 0. The van der Waals surface area contributed by atoms with E-state index >= 15 is 0 Å². The Bertz CT molecular complexity index is 652. The van der Waals surface area contributed by atoms with Gasteiger partial charge in [0.25, 0.3) is 0 Å². The largest absolute Gasteiger partial charge is 1.00 e. The molecule has 0 aliphatic carbocycles. The van der Waals surface area contributed by atoms with E-state index in [2.05, 4.69) is 0 Å². The van der Waals surface area contributed by atoms with Crippen molar-refractivity contribution in [3.8, 4) is 11.5 Å². The summed E-state index contributed by atoms with van der Waals surface area (Å²) in [5.74, 6) is -0.626. The molecule has 1 aliphatic heterocycles. The molecule has 3 nitrogen and oxygen atoms in total. The number of carboxylic acid groups (broad SMARTS) is 1. The second kappa shape index (κ2) is 6.00. The summed E-state index contributed by atoms with van der Waals surface area (Å²) in [6.07, 6.45) is 0.762. The van der Waals surface area contributed by atoms with E-state index in [9.17, 15) is 9.90 Å². The van der Waals surface area contributed by atoms with Gasteiger partial charge in [0.05, 0.1) is 11.9 Å². The van der Waals surface area contributed by atoms with E-state index in [1.165, 1.54) is 0 Å². The predicted octanol–water partition coefficient (Wildman–Crippen LogP) is -0.759. The van der Waals surface area contributed by atoms with E-state index in [1.54, 1.807) is 18.2 Å². The smallest absolute Gasteiger partial charge is 0.549 e. The van der Waals surface area contributed by atoms with Gasteiger partial charge in [-0.1, -0.05) is 37.3 Å². The minimum atomic E-state index is -1.09. The Hall–Kier alpha value is -1.29. The van der Waals surface area contributed by atoms with E-state index in [4.69, 9.17) is 4.74 Å². The number of carbonyl (C=O) groups excluding carboxylic acids is 1. The fourth-order valence-electron chi connectivity index (χ4n) is 2.65. The molecule has 0 aromatic heterocycles. The van der Waals surface area contributed by atoms with Crippen LogP contribution in [0.25, 0.3) is 0 Å². The Balaban J connectivity index is 0.00000147. The van der Waals surface area contributed by atoms with E-state index in [-0.39, 0.29) is 29.6 Å². The van der Waals surface area contributed by atoms with Crippen molar-refractivity contribution in [3.05, 3.63) is 59.2 Å². The van der Waals surface area contributed by atoms with Crippen LogP contribution in [0.4, 0.5) is 0 Å². The van der Waals surface area contributed by atoms with Crippen molar-refractivity contribution in [1.82, 2.24) is 0 Å². The number of fused-ring (bicyclic) bond motifs is 2. The molecule has 0 bridgehead atoms. The van der Waals surface area contributed by atoms with Gasteiger partial charge in [0.15, 0.2) is 0 Å². The van der Waals surface area contributed by atoms with Gasteiger partial charge in [-0.3, -0.25) is 0 Å². The van der Waals surface area contributed by atoms with Crippen LogP contribution in [-0.4, -0.2) is 5.97 Å². The number of rotatable bonds is 2.